The van der Waals surface area contributed by atoms with Crippen molar-refractivity contribution in [3.63, 3.8) is 0 Å². The second-order valence-electron chi connectivity index (χ2n) is 8.33. The molecule has 27 heavy (non-hydrogen) atoms. The number of hydrogen-bond acceptors (Lipinski definition) is 4. The molecule has 5 heteroatoms. The third-order valence-corrected chi connectivity index (χ3v) is 5.63. The number of nitrogens with zero attached hydrogens (tertiary/aromatic N) is 1. The SMILES string of the molecule is CCCCC(CCC)C1=CC(C=CC2OCC([N+](=O)[O-])CO2)C(C)(C)C=C1. The van der Waals surface area contributed by atoms with Crippen LogP contribution in [0.4, 0.5) is 0 Å². The molecule has 0 N–H and O–H groups in total. The molecule has 2 rings (SSSR count). The van der Waals surface area contributed by atoms with Crippen LogP contribution in [0, 0.1) is 27.4 Å². The van der Waals surface area contributed by atoms with Gasteiger partial charge in [0.15, 0.2) is 6.29 Å². The summed E-state index contributed by atoms with van der Waals surface area (Å²) in [5, 5.41) is 10.8. The van der Waals surface area contributed by atoms with Crippen molar-refractivity contribution in [1.29, 1.82) is 0 Å². The topological polar surface area (TPSA) is 61.6 Å². The van der Waals surface area contributed by atoms with Crippen molar-refractivity contribution in [2.24, 2.45) is 17.3 Å². The molecule has 1 saturated heterocycles. The zero-order valence-electron chi connectivity index (χ0n) is 17.2. The summed E-state index contributed by atoms with van der Waals surface area (Å²) in [5.74, 6) is 0.889. The quantitative estimate of drug-likeness (QED) is 0.310. The van der Waals surface area contributed by atoms with Crippen molar-refractivity contribution in [1.82, 2.24) is 0 Å². The second kappa shape index (κ2) is 10.2. The Kier molecular flexibility index (Phi) is 8.24. The summed E-state index contributed by atoms with van der Waals surface area (Å²) in [6.07, 6.45) is 16.8. The summed E-state index contributed by atoms with van der Waals surface area (Å²) in [4.78, 5) is 10.5. The van der Waals surface area contributed by atoms with Gasteiger partial charge in [-0.1, -0.05) is 71.3 Å². The van der Waals surface area contributed by atoms with Crippen LogP contribution < -0.4 is 0 Å². The van der Waals surface area contributed by atoms with Crippen LogP contribution in [0.5, 0.6) is 0 Å². The highest BCUT2D eigenvalue weighted by Gasteiger charge is 2.31. The zero-order valence-corrected chi connectivity index (χ0v) is 17.2. The fourth-order valence-electron chi connectivity index (χ4n) is 3.70. The maximum Gasteiger partial charge on any atom is 0.259 e. The number of nitro groups is 1. The number of unbranched alkanes of at least 4 members (excludes halogenated alkanes) is 1. The van der Waals surface area contributed by atoms with Crippen LogP contribution in [-0.2, 0) is 9.47 Å². The van der Waals surface area contributed by atoms with Crippen molar-refractivity contribution in [3.8, 4) is 0 Å². The summed E-state index contributed by atoms with van der Waals surface area (Å²) in [5.41, 5.74) is 1.47. The molecule has 5 nitrogen and oxygen atoms in total. The molecule has 0 aromatic rings. The molecule has 152 valence electrons. The normalized spacial score (nSPS) is 28.9. The summed E-state index contributed by atoms with van der Waals surface area (Å²) in [7, 11) is 0. The highest BCUT2D eigenvalue weighted by atomic mass is 16.7. The lowest BCUT2D eigenvalue weighted by atomic mass is 9.72. The molecule has 1 aliphatic heterocycles. The van der Waals surface area contributed by atoms with E-state index in [4.69, 9.17) is 9.47 Å². The lowest BCUT2D eigenvalue weighted by Crippen LogP contribution is -2.39. The number of allylic oxidation sites excluding steroid dienone is 5. The first-order chi connectivity index (χ1) is 12.9. The van der Waals surface area contributed by atoms with Gasteiger partial charge in [0.1, 0.15) is 13.2 Å². The number of hydrogen-bond donors (Lipinski definition) is 0. The molecular weight excluding hydrogens is 342 g/mol. The molecule has 1 aliphatic carbocycles. The van der Waals surface area contributed by atoms with E-state index in [1.54, 1.807) is 0 Å². The van der Waals surface area contributed by atoms with Gasteiger partial charge in [0.05, 0.1) is 0 Å². The van der Waals surface area contributed by atoms with Gasteiger partial charge >= 0.3 is 0 Å². The number of rotatable bonds is 9. The summed E-state index contributed by atoms with van der Waals surface area (Å²) < 4.78 is 11.0. The van der Waals surface area contributed by atoms with Crippen LogP contribution >= 0.6 is 0 Å². The highest BCUT2D eigenvalue weighted by Crippen LogP contribution is 2.39. The van der Waals surface area contributed by atoms with E-state index in [1.807, 2.05) is 6.08 Å². The van der Waals surface area contributed by atoms with Gasteiger partial charge in [0, 0.05) is 10.8 Å². The monoisotopic (exact) mass is 377 g/mol. The lowest BCUT2D eigenvalue weighted by Gasteiger charge is -2.33. The van der Waals surface area contributed by atoms with E-state index in [1.165, 1.54) is 37.7 Å². The van der Waals surface area contributed by atoms with Crippen molar-refractivity contribution < 1.29 is 14.4 Å². The minimum atomic E-state index is -0.761. The molecule has 0 amide bonds. The maximum absolute atomic E-state index is 10.8. The van der Waals surface area contributed by atoms with Gasteiger partial charge in [-0.25, -0.2) is 0 Å². The van der Waals surface area contributed by atoms with E-state index in [2.05, 4.69) is 52.0 Å². The average molecular weight is 378 g/mol. The largest absolute Gasteiger partial charge is 0.342 e. The van der Waals surface area contributed by atoms with Crippen molar-refractivity contribution >= 4 is 0 Å². The molecule has 0 spiro atoms. The second-order valence-corrected chi connectivity index (χ2v) is 8.33. The van der Waals surface area contributed by atoms with Crippen LogP contribution in [0.15, 0.2) is 36.0 Å². The average Bonchev–Trinajstić information content (AvgIpc) is 2.64. The Balaban J connectivity index is 2.05. The van der Waals surface area contributed by atoms with E-state index in [0.717, 1.165) is 0 Å². The Morgan fingerprint density at radius 1 is 1.22 bits per heavy atom. The van der Waals surface area contributed by atoms with Crippen LogP contribution in [0.3, 0.4) is 0 Å². The number of ether oxygens (including phenoxy) is 2. The maximum atomic E-state index is 10.8. The van der Waals surface area contributed by atoms with Gasteiger partial charge in [-0.05, 0) is 35.8 Å². The van der Waals surface area contributed by atoms with Gasteiger partial charge in [-0.2, -0.15) is 0 Å². The smallest absolute Gasteiger partial charge is 0.259 e. The summed E-state index contributed by atoms with van der Waals surface area (Å²) in [6, 6.07) is -0.761. The van der Waals surface area contributed by atoms with Crippen molar-refractivity contribution in [2.45, 2.75) is 72.1 Å². The standard InChI is InChI=1S/C22H35NO4/c1-5-7-9-17(8-6-2)18-12-13-22(3,4)19(14-18)10-11-21-26-15-20(16-27-21)23(24)25/h10-14,17,19-21H,5-9,15-16H2,1-4H3. The fraction of sp³-hybridized carbons (Fsp3) is 0.727. The molecule has 2 atom stereocenters. The van der Waals surface area contributed by atoms with Crippen LogP contribution in [0.25, 0.3) is 0 Å². The van der Waals surface area contributed by atoms with E-state index in [-0.39, 0.29) is 29.5 Å². The molecule has 2 aliphatic rings. The Morgan fingerprint density at radius 2 is 1.93 bits per heavy atom. The van der Waals surface area contributed by atoms with Crippen LogP contribution in [0.1, 0.15) is 59.8 Å². The Labute approximate surface area is 163 Å². The van der Waals surface area contributed by atoms with Crippen molar-refractivity contribution in [2.75, 3.05) is 13.2 Å². The third kappa shape index (κ3) is 6.28. The van der Waals surface area contributed by atoms with Crippen LogP contribution in [0.2, 0.25) is 0 Å². The van der Waals surface area contributed by atoms with E-state index < -0.39 is 12.3 Å². The predicted molar refractivity (Wildman–Crippen MR) is 108 cm³/mol. The van der Waals surface area contributed by atoms with E-state index in [0.29, 0.717) is 5.92 Å². The van der Waals surface area contributed by atoms with Gasteiger partial charge in [-0.3, -0.25) is 10.1 Å². The Hall–Kier alpha value is -1.46. The Morgan fingerprint density at radius 3 is 2.52 bits per heavy atom. The third-order valence-electron chi connectivity index (χ3n) is 5.63. The molecule has 0 saturated carbocycles. The summed E-state index contributed by atoms with van der Waals surface area (Å²) in [6.45, 7) is 9.18. The molecule has 2 unspecified atom stereocenters. The first kappa shape index (κ1) is 21.8. The van der Waals surface area contributed by atoms with Crippen LogP contribution in [-0.4, -0.2) is 30.5 Å². The highest BCUT2D eigenvalue weighted by molar-refractivity contribution is 5.32. The van der Waals surface area contributed by atoms with Gasteiger partial charge in [0.2, 0.25) is 0 Å². The van der Waals surface area contributed by atoms with Crippen molar-refractivity contribution in [3.05, 3.63) is 46.1 Å². The van der Waals surface area contributed by atoms with Gasteiger partial charge in [0.25, 0.3) is 6.04 Å². The molecule has 0 aromatic heterocycles. The lowest BCUT2D eigenvalue weighted by molar-refractivity contribution is -0.542. The predicted octanol–water partition coefficient (Wildman–Crippen LogP) is 5.31. The molecule has 1 heterocycles. The molecular formula is C22H35NO4. The fourth-order valence-corrected chi connectivity index (χ4v) is 3.70. The summed E-state index contributed by atoms with van der Waals surface area (Å²) >= 11 is 0. The zero-order chi connectivity index (χ0) is 19.9. The first-order valence-electron chi connectivity index (χ1n) is 10.3. The minimum absolute atomic E-state index is 0.0273. The molecule has 0 bridgehead atoms. The Bertz CT molecular complexity index is 571. The van der Waals surface area contributed by atoms with E-state index in [9.17, 15) is 10.1 Å². The molecule has 0 aromatic carbocycles. The van der Waals surface area contributed by atoms with Gasteiger partial charge < -0.3 is 9.47 Å². The minimum Gasteiger partial charge on any atom is -0.342 e. The van der Waals surface area contributed by atoms with E-state index >= 15 is 0 Å². The molecule has 0 radical (unpaired) electrons. The molecule has 1 fully saturated rings. The first-order valence-corrected chi connectivity index (χ1v) is 10.3. The van der Waals surface area contributed by atoms with Gasteiger partial charge in [-0.15, -0.1) is 0 Å².